The number of aromatic nitrogens is 1. The summed E-state index contributed by atoms with van der Waals surface area (Å²) in [6, 6.07) is 2.71. The van der Waals surface area contributed by atoms with Crippen LogP contribution in [0.1, 0.15) is 0 Å². The molecule has 82 valence electrons. The van der Waals surface area contributed by atoms with E-state index in [4.69, 9.17) is 10.5 Å². The first-order valence-electron chi connectivity index (χ1n) is 4.29. The van der Waals surface area contributed by atoms with Crippen molar-refractivity contribution < 1.29 is 9.66 Å². The summed E-state index contributed by atoms with van der Waals surface area (Å²) in [4.78, 5) is 13.9. The van der Waals surface area contributed by atoms with E-state index in [0.717, 1.165) is 0 Å². The molecule has 0 aromatic carbocycles. The van der Waals surface area contributed by atoms with Crippen LogP contribution in [-0.2, 0) is 4.74 Å². The molecule has 7 nitrogen and oxygen atoms in total. The van der Waals surface area contributed by atoms with Crippen molar-refractivity contribution in [2.75, 3.05) is 31.3 Å². The van der Waals surface area contributed by atoms with Crippen molar-refractivity contribution in [2.24, 2.45) is 0 Å². The minimum absolute atomic E-state index is 0.0969. The number of nitro groups is 1. The van der Waals surface area contributed by atoms with E-state index in [1.807, 2.05) is 0 Å². The summed E-state index contributed by atoms with van der Waals surface area (Å²) in [5, 5.41) is 13.4. The molecule has 0 fully saturated rings. The number of methoxy groups -OCH3 is 1. The molecule has 0 spiro atoms. The number of nitrogen functional groups attached to an aromatic ring is 1. The average molecular weight is 212 g/mol. The highest BCUT2D eigenvalue weighted by Gasteiger charge is 2.14. The van der Waals surface area contributed by atoms with Crippen molar-refractivity contribution >= 4 is 17.3 Å². The van der Waals surface area contributed by atoms with Gasteiger partial charge in [0.05, 0.1) is 11.5 Å². The van der Waals surface area contributed by atoms with Gasteiger partial charge in [-0.3, -0.25) is 10.1 Å². The highest BCUT2D eigenvalue weighted by molar-refractivity contribution is 5.59. The first-order chi connectivity index (χ1) is 7.15. The molecule has 15 heavy (non-hydrogen) atoms. The minimum Gasteiger partial charge on any atom is -0.384 e. The van der Waals surface area contributed by atoms with Gasteiger partial charge in [0, 0.05) is 19.7 Å². The number of anilines is 2. The molecule has 1 heterocycles. The Labute approximate surface area is 86.4 Å². The lowest BCUT2D eigenvalue weighted by Gasteiger charge is -2.05. The number of nitrogens with one attached hydrogen (secondary N) is 1. The maximum atomic E-state index is 10.6. The predicted molar refractivity (Wildman–Crippen MR) is 55.7 cm³/mol. The van der Waals surface area contributed by atoms with Crippen molar-refractivity contribution in [1.29, 1.82) is 0 Å². The molecule has 1 rings (SSSR count). The Kier molecular flexibility index (Phi) is 3.81. The van der Waals surface area contributed by atoms with Crippen LogP contribution in [0.5, 0.6) is 0 Å². The van der Waals surface area contributed by atoms with E-state index in [1.54, 1.807) is 7.11 Å². The molecule has 0 saturated heterocycles. The second-order valence-electron chi connectivity index (χ2n) is 2.78. The summed E-state index contributed by atoms with van der Waals surface area (Å²) in [6.07, 6.45) is 0. The molecular weight excluding hydrogens is 200 g/mol. The van der Waals surface area contributed by atoms with E-state index in [0.29, 0.717) is 13.2 Å². The van der Waals surface area contributed by atoms with Gasteiger partial charge < -0.3 is 15.8 Å². The predicted octanol–water partition coefficient (Wildman–Crippen LogP) is 0.630. The lowest BCUT2D eigenvalue weighted by Crippen LogP contribution is -2.11. The fourth-order valence-electron chi connectivity index (χ4n) is 1.02. The third kappa shape index (κ3) is 3.06. The summed E-state index contributed by atoms with van der Waals surface area (Å²) in [7, 11) is 1.54. The van der Waals surface area contributed by atoms with Crippen molar-refractivity contribution in [3.05, 3.63) is 22.2 Å². The standard InChI is InChI=1S/C8H12N4O3/c1-15-5-4-10-8-6(12(13)14)2-3-7(9)11-8/h2-3H,4-5H2,1H3,(H3,9,10,11). The Bertz CT molecular complexity index is 356. The molecule has 0 saturated carbocycles. The van der Waals surface area contributed by atoms with E-state index < -0.39 is 4.92 Å². The maximum absolute atomic E-state index is 10.6. The van der Waals surface area contributed by atoms with Gasteiger partial charge >= 0.3 is 5.69 Å². The lowest BCUT2D eigenvalue weighted by molar-refractivity contribution is -0.384. The second-order valence-corrected chi connectivity index (χ2v) is 2.78. The maximum Gasteiger partial charge on any atom is 0.311 e. The highest BCUT2D eigenvalue weighted by atomic mass is 16.6. The lowest BCUT2D eigenvalue weighted by atomic mass is 10.3. The van der Waals surface area contributed by atoms with Crippen molar-refractivity contribution in [1.82, 2.24) is 4.98 Å². The second kappa shape index (κ2) is 5.11. The minimum atomic E-state index is -0.512. The fraction of sp³-hybridized carbons (Fsp3) is 0.375. The zero-order chi connectivity index (χ0) is 11.3. The van der Waals surface area contributed by atoms with E-state index >= 15 is 0 Å². The summed E-state index contributed by atoms with van der Waals surface area (Å²) in [5.41, 5.74) is 5.33. The molecule has 1 aromatic rings. The number of nitrogens with two attached hydrogens (primary N) is 1. The first-order valence-corrected chi connectivity index (χ1v) is 4.29. The van der Waals surface area contributed by atoms with Gasteiger partial charge in [0.2, 0.25) is 5.82 Å². The van der Waals surface area contributed by atoms with Crippen molar-refractivity contribution in [3.8, 4) is 0 Å². The zero-order valence-corrected chi connectivity index (χ0v) is 8.27. The van der Waals surface area contributed by atoms with Gasteiger partial charge in [-0.1, -0.05) is 0 Å². The Balaban J connectivity index is 2.82. The molecule has 0 atom stereocenters. The van der Waals surface area contributed by atoms with Gasteiger partial charge in [0.15, 0.2) is 0 Å². The molecule has 0 aliphatic heterocycles. The van der Waals surface area contributed by atoms with Crippen LogP contribution >= 0.6 is 0 Å². The molecule has 3 N–H and O–H groups in total. The topological polar surface area (TPSA) is 103 Å². The van der Waals surface area contributed by atoms with Crippen LogP contribution in [0.25, 0.3) is 0 Å². The van der Waals surface area contributed by atoms with Gasteiger partial charge in [-0.05, 0) is 6.07 Å². The summed E-state index contributed by atoms with van der Waals surface area (Å²) >= 11 is 0. The largest absolute Gasteiger partial charge is 0.384 e. The molecule has 0 bridgehead atoms. The highest BCUT2D eigenvalue weighted by Crippen LogP contribution is 2.22. The number of pyridine rings is 1. The molecule has 7 heteroatoms. The van der Waals surface area contributed by atoms with Gasteiger partial charge in [-0.25, -0.2) is 4.98 Å². The summed E-state index contributed by atoms with van der Waals surface area (Å²) in [5.74, 6) is 0.401. The van der Waals surface area contributed by atoms with Crippen LogP contribution in [0, 0.1) is 10.1 Å². The Morgan fingerprint density at radius 2 is 2.40 bits per heavy atom. The number of rotatable bonds is 5. The smallest absolute Gasteiger partial charge is 0.311 e. The number of hydrogen-bond acceptors (Lipinski definition) is 6. The number of hydrogen-bond donors (Lipinski definition) is 2. The number of ether oxygens (including phenoxy) is 1. The first kappa shape index (κ1) is 11.2. The van der Waals surface area contributed by atoms with E-state index in [9.17, 15) is 10.1 Å². The SMILES string of the molecule is COCCNc1nc(N)ccc1[N+](=O)[O-]. The summed E-state index contributed by atoms with van der Waals surface area (Å²) in [6.45, 7) is 0.876. The van der Waals surface area contributed by atoms with Gasteiger partial charge in [0.1, 0.15) is 5.82 Å². The Morgan fingerprint density at radius 1 is 1.67 bits per heavy atom. The monoisotopic (exact) mass is 212 g/mol. The van der Waals surface area contributed by atoms with Crippen molar-refractivity contribution in [3.63, 3.8) is 0 Å². The van der Waals surface area contributed by atoms with Crippen LogP contribution in [0.2, 0.25) is 0 Å². The van der Waals surface area contributed by atoms with Crippen molar-refractivity contribution in [2.45, 2.75) is 0 Å². The van der Waals surface area contributed by atoms with Gasteiger partial charge in [0.25, 0.3) is 0 Å². The normalized spacial score (nSPS) is 9.93. The third-order valence-electron chi connectivity index (χ3n) is 1.69. The Morgan fingerprint density at radius 3 is 3.00 bits per heavy atom. The zero-order valence-electron chi connectivity index (χ0n) is 8.27. The molecule has 0 radical (unpaired) electrons. The molecule has 0 aliphatic carbocycles. The van der Waals surface area contributed by atoms with Crippen LogP contribution < -0.4 is 11.1 Å². The van der Waals surface area contributed by atoms with Gasteiger partial charge in [-0.2, -0.15) is 0 Å². The van der Waals surface area contributed by atoms with Crippen LogP contribution in [0.4, 0.5) is 17.3 Å². The molecule has 0 amide bonds. The van der Waals surface area contributed by atoms with Gasteiger partial charge in [-0.15, -0.1) is 0 Å². The van der Waals surface area contributed by atoms with E-state index in [-0.39, 0.29) is 17.3 Å². The fourth-order valence-corrected chi connectivity index (χ4v) is 1.02. The van der Waals surface area contributed by atoms with Crippen LogP contribution in [0.3, 0.4) is 0 Å². The number of nitrogens with zero attached hydrogens (tertiary/aromatic N) is 2. The summed E-state index contributed by atoms with van der Waals surface area (Å²) < 4.78 is 4.80. The molecule has 1 aromatic heterocycles. The third-order valence-corrected chi connectivity index (χ3v) is 1.69. The molecule has 0 unspecified atom stereocenters. The van der Waals surface area contributed by atoms with Crippen LogP contribution in [0.15, 0.2) is 12.1 Å². The Hall–Kier alpha value is -1.89. The quantitative estimate of drug-likeness (QED) is 0.421. The van der Waals surface area contributed by atoms with E-state index in [2.05, 4.69) is 10.3 Å². The average Bonchev–Trinajstić information content (AvgIpc) is 2.18. The van der Waals surface area contributed by atoms with Crippen LogP contribution in [-0.4, -0.2) is 30.2 Å². The van der Waals surface area contributed by atoms with E-state index in [1.165, 1.54) is 12.1 Å². The molecule has 0 aliphatic rings. The molecular formula is C8H12N4O3.